The topological polar surface area (TPSA) is 62.8 Å². The van der Waals surface area contributed by atoms with Crippen LogP contribution in [0.25, 0.3) is 0 Å². The molecule has 1 aliphatic heterocycles. The Hall–Kier alpha value is -1.63. The van der Waals surface area contributed by atoms with Gasteiger partial charge in [0.1, 0.15) is 12.4 Å². The Kier molecular flexibility index (Phi) is 6.64. The van der Waals surface area contributed by atoms with Crippen molar-refractivity contribution in [2.75, 3.05) is 52.3 Å². The fourth-order valence-corrected chi connectivity index (χ4v) is 2.20. The van der Waals surface area contributed by atoms with E-state index in [0.29, 0.717) is 26.2 Å². The number of nitrogens with zero attached hydrogens (tertiary/aromatic N) is 1. The van der Waals surface area contributed by atoms with Crippen molar-refractivity contribution in [3.63, 3.8) is 0 Å². The Balaban J connectivity index is 1.80. The molecular weight excluding hydrogens is 282 g/mol. The lowest BCUT2D eigenvalue weighted by atomic mass is 10.2. The number of rotatable bonds is 7. The Morgan fingerprint density at radius 3 is 3.09 bits per heavy atom. The predicted molar refractivity (Wildman–Crippen MR) is 86.3 cm³/mol. The minimum atomic E-state index is -0.0200. The van der Waals surface area contributed by atoms with Crippen molar-refractivity contribution in [2.45, 2.75) is 12.5 Å². The van der Waals surface area contributed by atoms with Gasteiger partial charge < -0.3 is 25.0 Å². The summed E-state index contributed by atoms with van der Waals surface area (Å²) in [5.41, 5.74) is 0.754. The molecule has 0 aromatic heterocycles. The molecule has 1 aliphatic rings. The SMILES string of the molecule is CN(C)CCOc1cccc(NC(=O)CC2COCCN2)c1. The van der Waals surface area contributed by atoms with Crippen LogP contribution in [-0.2, 0) is 9.53 Å². The number of amides is 1. The van der Waals surface area contributed by atoms with Crippen molar-refractivity contribution in [1.29, 1.82) is 0 Å². The average molecular weight is 307 g/mol. The standard InChI is InChI=1S/C16H25N3O3/c1-19(2)7-9-22-15-5-3-4-13(10-15)18-16(20)11-14-12-21-8-6-17-14/h3-5,10,14,17H,6-9,11-12H2,1-2H3,(H,18,20). The van der Waals surface area contributed by atoms with E-state index >= 15 is 0 Å². The molecule has 2 rings (SSSR count). The third-order valence-electron chi connectivity index (χ3n) is 3.36. The summed E-state index contributed by atoms with van der Waals surface area (Å²) in [6.45, 7) is 3.57. The van der Waals surface area contributed by atoms with E-state index < -0.39 is 0 Å². The lowest BCUT2D eigenvalue weighted by Gasteiger charge is -2.23. The maximum absolute atomic E-state index is 12.0. The molecule has 6 nitrogen and oxygen atoms in total. The van der Waals surface area contributed by atoms with Crippen molar-refractivity contribution >= 4 is 11.6 Å². The lowest BCUT2D eigenvalue weighted by molar-refractivity contribution is -0.117. The normalized spacial score (nSPS) is 18.2. The van der Waals surface area contributed by atoms with Crippen LogP contribution in [-0.4, -0.2) is 63.9 Å². The van der Waals surface area contributed by atoms with Crippen LogP contribution in [0.2, 0.25) is 0 Å². The molecule has 0 bridgehead atoms. The van der Waals surface area contributed by atoms with Crippen molar-refractivity contribution in [1.82, 2.24) is 10.2 Å². The number of hydrogen-bond donors (Lipinski definition) is 2. The van der Waals surface area contributed by atoms with Gasteiger partial charge in [-0.25, -0.2) is 0 Å². The molecule has 1 fully saturated rings. The van der Waals surface area contributed by atoms with Gasteiger partial charge in [-0.3, -0.25) is 4.79 Å². The van der Waals surface area contributed by atoms with Crippen LogP contribution in [0.15, 0.2) is 24.3 Å². The highest BCUT2D eigenvalue weighted by atomic mass is 16.5. The summed E-state index contributed by atoms with van der Waals surface area (Å²) in [7, 11) is 4.01. The second-order valence-electron chi connectivity index (χ2n) is 5.66. The first kappa shape index (κ1) is 16.7. The van der Waals surface area contributed by atoms with E-state index in [1.807, 2.05) is 38.4 Å². The summed E-state index contributed by atoms with van der Waals surface area (Å²) >= 11 is 0. The molecule has 0 aliphatic carbocycles. The van der Waals surface area contributed by atoms with Gasteiger partial charge in [0.25, 0.3) is 0 Å². The van der Waals surface area contributed by atoms with E-state index in [1.165, 1.54) is 0 Å². The third-order valence-corrected chi connectivity index (χ3v) is 3.36. The van der Waals surface area contributed by atoms with Crippen LogP contribution >= 0.6 is 0 Å². The minimum Gasteiger partial charge on any atom is -0.492 e. The fraction of sp³-hybridized carbons (Fsp3) is 0.562. The van der Waals surface area contributed by atoms with Crippen LogP contribution in [0.3, 0.4) is 0 Å². The molecule has 122 valence electrons. The molecule has 0 spiro atoms. The van der Waals surface area contributed by atoms with Gasteiger partial charge in [-0.2, -0.15) is 0 Å². The van der Waals surface area contributed by atoms with Gasteiger partial charge in [-0.1, -0.05) is 6.07 Å². The number of hydrogen-bond acceptors (Lipinski definition) is 5. The molecule has 1 unspecified atom stereocenters. The molecule has 1 amide bonds. The minimum absolute atomic E-state index is 0.0200. The number of morpholine rings is 1. The largest absolute Gasteiger partial charge is 0.492 e. The number of benzene rings is 1. The number of anilines is 1. The number of carbonyl (C=O) groups excluding carboxylic acids is 1. The van der Waals surface area contributed by atoms with Gasteiger partial charge in [0, 0.05) is 37.3 Å². The molecule has 1 aromatic rings. The molecule has 1 atom stereocenters. The Morgan fingerprint density at radius 2 is 2.36 bits per heavy atom. The van der Waals surface area contributed by atoms with Crippen LogP contribution in [0, 0.1) is 0 Å². The zero-order valence-electron chi connectivity index (χ0n) is 13.3. The monoisotopic (exact) mass is 307 g/mol. The van der Waals surface area contributed by atoms with Gasteiger partial charge in [-0.05, 0) is 26.2 Å². The summed E-state index contributed by atoms with van der Waals surface area (Å²) < 4.78 is 11.0. The van der Waals surface area contributed by atoms with E-state index in [-0.39, 0.29) is 11.9 Å². The van der Waals surface area contributed by atoms with Crippen LogP contribution in [0.1, 0.15) is 6.42 Å². The zero-order chi connectivity index (χ0) is 15.8. The third kappa shape index (κ3) is 6.01. The van der Waals surface area contributed by atoms with Crippen LogP contribution < -0.4 is 15.4 Å². The fourth-order valence-electron chi connectivity index (χ4n) is 2.20. The number of likely N-dealkylation sites (N-methyl/N-ethyl adjacent to an activating group) is 1. The highest BCUT2D eigenvalue weighted by molar-refractivity contribution is 5.91. The van der Waals surface area contributed by atoms with E-state index in [2.05, 4.69) is 15.5 Å². The van der Waals surface area contributed by atoms with E-state index in [9.17, 15) is 4.79 Å². The van der Waals surface area contributed by atoms with E-state index in [0.717, 1.165) is 24.5 Å². The van der Waals surface area contributed by atoms with Crippen molar-refractivity contribution < 1.29 is 14.3 Å². The number of carbonyl (C=O) groups is 1. The highest BCUT2D eigenvalue weighted by Crippen LogP contribution is 2.17. The van der Waals surface area contributed by atoms with E-state index in [1.54, 1.807) is 0 Å². The molecule has 1 aromatic carbocycles. The molecule has 2 N–H and O–H groups in total. The second kappa shape index (κ2) is 8.73. The quantitative estimate of drug-likeness (QED) is 0.785. The summed E-state index contributed by atoms with van der Waals surface area (Å²) in [4.78, 5) is 14.1. The highest BCUT2D eigenvalue weighted by Gasteiger charge is 2.16. The number of nitrogens with one attached hydrogen (secondary N) is 2. The van der Waals surface area contributed by atoms with Crippen molar-refractivity contribution in [3.8, 4) is 5.75 Å². The maximum Gasteiger partial charge on any atom is 0.226 e. The zero-order valence-corrected chi connectivity index (χ0v) is 13.3. The average Bonchev–Trinajstić information content (AvgIpc) is 2.48. The van der Waals surface area contributed by atoms with Gasteiger partial charge >= 0.3 is 0 Å². The summed E-state index contributed by atoms with van der Waals surface area (Å²) in [6.07, 6.45) is 0.408. The Morgan fingerprint density at radius 1 is 1.50 bits per heavy atom. The first-order valence-corrected chi connectivity index (χ1v) is 7.62. The molecule has 6 heteroatoms. The summed E-state index contributed by atoms with van der Waals surface area (Å²) in [5, 5.41) is 6.17. The number of ether oxygens (including phenoxy) is 2. The van der Waals surface area contributed by atoms with Crippen LogP contribution in [0.5, 0.6) is 5.75 Å². The van der Waals surface area contributed by atoms with Crippen molar-refractivity contribution in [3.05, 3.63) is 24.3 Å². The maximum atomic E-state index is 12.0. The first-order chi connectivity index (χ1) is 10.6. The van der Waals surface area contributed by atoms with Crippen molar-refractivity contribution in [2.24, 2.45) is 0 Å². The lowest BCUT2D eigenvalue weighted by Crippen LogP contribution is -2.43. The Bertz CT molecular complexity index is 473. The van der Waals surface area contributed by atoms with Gasteiger partial charge in [0.2, 0.25) is 5.91 Å². The first-order valence-electron chi connectivity index (χ1n) is 7.62. The molecule has 1 saturated heterocycles. The van der Waals surface area contributed by atoms with Crippen LogP contribution in [0.4, 0.5) is 5.69 Å². The van der Waals surface area contributed by atoms with E-state index in [4.69, 9.17) is 9.47 Å². The van der Waals surface area contributed by atoms with Gasteiger partial charge in [0.15, 0.2) is 0 Å². The molecular formula is C16H25N3O3. The van der Waals surface area contributed by atoms with Gasteiger partial charge in [0.05, 0.1) is 13.2 Å². The predicted octanol–water partition coefficient (Wildman–Crippen LogP) is 0.944. The summed E-state index contributed by atoms with van der Waals surface area (Å²) in [6, 6.07) is 7.57. The molecule has 1 heterocycles. The second-order valence-corrected chi connectivity index (χ2v) is 5.66. The Labute approximate surface area is 131 Å². The molecule has 0 saturated carbocycles. The summed E-state index contributed by atoms with van der Waals surface area (Å²) in [5.74, 6) is 0.743. The van der Waals surface area contributed by atoms with Gasteiger partial charge in [-0.15, -0.1) is 0 Å². The molecule has 0 radical (unpaired) electrons. The molecule has 22 heavy (non-hydrogen) atoms. The smallest absolute Gasteiger partial charge is 0.226 e.